The van der Waals surface area contributed by atoms with E-state index < -0.39 is 35.4 Å². The van der Waals surface area contributed by atoms with Crippen molar-refractivity contribution in [3.8, 4) is 0 Å². The van der Waals surface area contributed by atoms with Gasteiger partial charge in [-0.05, 0) is 33.3 Å². The topological polar surface area (TPSA) is 144 Å². The summed E-state index contributed by atoms with van der Waals surface area (Å²) in [5.74, 6) is -5.33. The number of ketones is 1. The van der Waals surface area contributed by atoms with Gasteiger partial charge < -0.3 is 23.8 Å². The average molecular weight is 453 g/mol. The van der Waals surface area contributed by atoms with Gasteiger partial charge in [0.2, 0.25) is 0 Å². The molecule has 0 bridgehead atoms. The summed E-state index contributed by atoms with van der Waals surface area (Å²) in [6, 6.07) is 9.24. The lowest BCUT2D eigenvalue weighted by Gasteiger charge is -2.05. The van der Waals surface area contributed by atoms with Gasteiger partial charge in [0.15, 0.2) is 0 Å². The van der Waals surface area contributed by atoms with Gasteiger partial charge in [0, 0.05) is 0 Å². The number of carbonyl (C=O) groups excluding carboxylic acids is 5. The summed E-state index contributed by atoms with van der Waals surface area (Å²) in [6.45, 7) is 6.87. The maximum absolute atomic E-state index is 11.6. The van der Waals surface area contributed by atoms with Crippen LogP contribution in [0.25, 0.3) is 0 Å². The number of nitrogens with zero attached hydrogens (tertiary/aromatic N) is 1. The summed E-state index contributed by atoms with van der Waals surface area (Å²) >= 11 is 0. The molecule has 0 aliphatic heterocycles. The van der Waals surface area contributed by atoms with Crippen molar-refractivity contribution in [2.45, 2.75) is 34.3 Å². The first kappa shape index (κ1) is 28.2. The van der Waals surface area contributed by atoms with Crippen molar-refractivity contribution >= 4 is 35.4 Å². The first-order chi connectivity index (χ1) is 15.3. The molecule has 0 heterocycles. The van der Waals surface area contributed by atoms with Crippen LogP contribution in [0.5, 0.6) is 0 Å². The van der Waals surface area contributed by atoms with Crippen molar-refractivity contribution in [3.63, 3.8) is 0 Å². The molecular formula is C21H27NO10. The minimum absolute atomic E-state index is 0.0595. The van der Waals surface area contributed by atoms with Crippen LogP contribution in [0.4, 0.5) is 0 Å². The molecule has 1 aromatic rings. The summed E-state index contributed by atoms with van der Waals surface area (Å²) in [6.07, 6.45) is 0. The number of carbonyl (C=O) groups is 5. The molecule has 176 valence electrons. The molecule has 11 nitrogen and oxygen atoms in total. The van der Waals surface area contributed by atoms with Gasteiger partial charge in [-0.25, -0.2) is 19.2 Å². The van der Waals surface area contributed by atoms with E-state index in [0.717, 1.165) is 5.56 Å². The fraction of sp³-hybridized carbons (Fsp3) is 0.429. The number of ether oxygens (including phenoxy) is 4. The Morgan fingerprint density at radius 1 is 0.656 bits per heavy atom. The molecule has 0 radical (unpaired) electrons. The van der Waals surface area contributed by atoms with Crippen molar-refractivity contribution in [2.75, 3.05) is 26.4 Å². The lowest BCUT2D eigenvalue weighted by Crippen LogP contribution is -2.28. The first-order valence-corrected chi connectivity index (χ1v) is 9.78. The third-order valence-corrected chi connectivity index (χ3v) is 3.09. The second-order valence-corrected chi connectivity index (χ2v) is 5.41. The Bertz CT molecular complexity index is 749. The number of benzene rings is 1. The summed E-state index contributed by atoms with van der Waals surface area (Å²) in [5, 5.41) is 3.52. The summed E-state index contributed by atoms with van der Waals surface area (Å²) in [7, 11) is 0. The molecule has 0 N–H and O–H groups in total. The van der Waals surface area contributed by atoms with Gasteiger partial charge in [0.25, 0.3) is 5.71 Å². The van der Waals surface area contributed by atoms with Gasteiger partial charge in [0.05, 0.1) is 26.4 Å². The Morgan fingerprint density at radius 2 is 1.06 bits per heavy atom. The van der Waals surface area contributed by atoms with E-state index in [1.807, 2.05) is 30.3 Å². The second-order valence-electron chi connectivity index (χ2n) is 5.41. The fourth-order valence-electron chi connectivity index (χ4n) is 1.78. The molecule has 0 aliphatic rings. The largest absolute Gasteiger partial charge is 0.461 e. The third kappa shape index (κ3) is 11.4. The van der Waals surface area contributed by atoms with Crippen LogP contribution in [0.1, 0.15) is 33.3 Å². The number of hydrogen-bond acceptors (Lipinski definition) is 11. The highest BCUT2D eigenvalue weighted by Crippen LogP contribution is 2.01. The summed E-state index contributed by atoms with van der Waals surface area (Å²) in [5.41, 5.74) is 0.368. The Labute approximate surface area is 185 Å². The number of esters is 4. The standard InChI is InChI=1S/C14H17NO5.C7H10O5/c1-3-18-13(16)12(14(17)19-4-2)15-20-10-11-8-6-5-7-9-11;1-3-11-6(9)5(8)7(10)12-4-2/h5-9H,3-4,10H2,1-2H3;3-4H2,1-2H3. The second kappa shape index (κ2) is 17.0. The number of Topliss-reactive ketones (excluding diaryl/α,β-unsaturated/α-hetero) is 1. The predicted molar refractivity (Wildman–Crippen MR) is 110 cm³/mol. The summed E-state index contributed by atoms with van der Waals surface area (Å²) in [4.78, 5) is 60.0. The van der Waals surface area contributed by atoms with Crippen LogP contribution in [0, 0.1) is 0 Å². The van der Waals surface area contributed by atoms with E-state index in [1.165, 1.54) is 13.8 Å². The van der Waals surface area contributed by atoms with E-state index in [-0.39, 0.29) is 33.0 Å². The van der Waals surface area contributed by atoms with Gasteiger partial charge >= 0.3 is 29.7 Å². The van der Waals surface area contributed by atoms with Crippen molar-refractivity contribution in [3.05, 3.63) is 35.9 Å². The van der Waals surface area contributed by atoms with Crippen LogP contribution >= 0.6 is 0 Å². The molecule has 0 aliphatic carbocycles. The van der Waals surface area contributed by atoms with Gasteiger partial charge in [-0.1, -0.05) is 35.5 Å². The highest BCUT2D eigenvalue weighted by atomic mass is 16.6. The molecule has 11 heteroatoms. The van der Waals surface area contributed by atoms with Crippen molar-refractivity contribution < 1.29 is 47.8 Å². The van der Waals surface area contributed by atoms with Gasteiger partial charge in [-0.3, -0.25) is 4.79 Å². The fourth-order valence-corrected chi connectivity index (χ4v) is 1.78. The van der Waals surface area contributed by atoms with Crippen LogP contribution in [0.2, 0.25) is 0 Å². The molecular weight excluding hydrogens is 426 g/mol. The lowest BCUT2D eigenvalue weighted by molar-refractivity contribution is -0.164. The van der Waals surface area contributed by atoms with E-state index in [4.69, 9.17) is 14.3 Å². The Kier molecular flexibility index (Phi) is 15.0. The van der Waals surface area contributed by atoms with Gasteiger partial charge in [0.1, 0.15) is 6.61 Å². The number of rotatable bonds is 11. The zero-order valence-electron chi connectivity index (χ0n) is 18.5. The monoisotopic (exact) mass is 453 g/mol. The van der Waals surface area contributed by atoms with Crippen LogP contribution < -0.4 is 0 Å². The lowest BCUT2D eigenvalue weighted by atomic mass is 10.2. The van der Waals surface area contributed by atoms with Crippen LogP contribution in [0.3, 0.4) is 0 Å². The van der Waals surface area contributed by atoms with E-state index in [9.17, 15) is 24.0 Å². The summed E-state index contributed by atoms with van der Waals surface area (Å²) < 4.78 is 18.0. The van der Waals surface area contributed by atoms with Gasteiger partial charge in [-0.15, -0.1) is 0 Å². The molecule has 1 aromatic carbocycles. The smallest absolute Gasteiger partial charge is 0.386 e. The molecule has 0 spiro atoms. The number of hydrogen-bond donors (Lipinski definition) is 0. The maximum atomic E-state index is 11.6. The normalized spacial score (nSPS) is 9.25. The molecule has 0 unspecified atom stereocenters. The zero-order chi connectivity index (χ0) is 24.4. The van der Waals surface area contributed by atoms with Crippen LogP contribution in [-0.2, 0) is 54.4 Å². The molecule has 1 rings (SSSR count). The average Bonchev–Trinajstić information content (AvgIpc) is 2.78. The highest BCUT2D eigenvalue weighted by molar-refractivity contribution is 6.62. The van der Waals surface area contributed by atoms with E-state index in [1.54, 1.807) is 13.8 Å². The van der Waals surface area contributed by atoms with Crippen molar-refractivity contribution in [1.29, 1.82) is 0 Å². The Morgan fingerprint density at radius 3 is 1.47 bits per heavy atom. The van der Waals surface area contributed by atoms with Crippen molar-refractivity contribution in [1.82, 2.24) is 0 Å². The van der Waals surface area contributed by atoms with Crippen molar-refractivity contribution in [2.24, 2.45) is 5.16 Å². The molecule has 0 aromatic heterocycles. The molecule has 0 amide bonds. The molecule has 32 heavy (non-hydrogen) atoms. The Hall–Kier alpha value is -3.76. The minimum atomic E-state index is -1.27. The highest BCUT2D eigenvalue weighted by Gasteiger charge is 2.25. The first-order valence-electron chi connectivity index (χ1n) is 9.78. The number of oxime groups is 1. The SMILES string of the molecule is CCOC(=O)C(=NOCc1ccccc1)C(=O)OCC.CCOC(=O)C(=O)C(=O)OCC. The predicted octanol–water partition coefficient (Wildman–Crippen LogP) is 1.37. The minimum Gasteiger partial charge on any atom is -0.461 e. The molecule has 0 saturated heterocycles. The Balaban J connectivity index is 0.000000687. The van der Waals surface area contributed by atoms with Crippen LogP contribution in [-0.4, -0.2) is 61.8 Å². The maximum Gasteiger partial charge on any atom is 0.386 e. The van der Waals surface area contributed by atoms with E-state index in [0.29, 0.717) is 0 Å². The van der Waals surface area contributed by atoms with Gasteiger partial charge in [-0.2, -0.15) is 0 Å². The zero-order valence-corrected chi connectivity index (χ0v) is 18.5. The quantitative estimate of drug-likeness (QED) is 0.120. The molecule has 0 saturated carbocycles. The molecule has 0 atom stereocenters. The van der Waals surface area contributed by atoms with Crippen LogP contribution in [0.15, 0.2) is 35.5 Å². The third-order valence-electron chi connectivity index (χ3n) is 3.09. The molecule has 0 fully saturated rings. The van der Waals surface area contributed by atoms with E-state index in [2.05, 4.69) is 14.6 Å². The van der Waals surface area contributed by atoms with E-state index >= 15 is 0 Å².